The number of halogens is 1. The van der Waals surface area contributed by atoms with Gasteiger partial charge in [-0.1, -0.05) is 24.3 Å². The Morgan fingerprint density at radius 2 is 1.76 bits per heavy atom. The molecule has 33 heavy (non-hydrogen) atoms. The summed E-state index contributed by atoms with van der Waals surface area (Å²) in [7, 11) is 0. The molecule has 2 saturated heterocycles. The van der Waals surface area contributed by atoms with Crippen LogP contribution in [0.15, 0.2) is 48.5 Å². The van der Waals surface area contributed by atoms with E-state index >= 15 is 0 Å². The van der Waals surface area contributed by atoms with Crippen LogP contribution in [0, 0.1) is 5.82 Å². The van der Waals surface area contributed by atoms with Gasteiger partial charge in [-0.2, -0.15) is 5.10 Å². The fourth-order valence-electron chi connectivity index (χ4n) is 4.55. The zero-order valence-corrected chi connectivity index (χ0v) is 18.5. The van der Waals surface area contributed by atoms with Gasteiger partial charge < -0.3 is 9.64 Å². The Kier molecular flexibility index (Phi) is 6.46. The summed E-state index contributed by atoms with van der Waals surface area (Å²) in [5, 5.41) is 7.38. The molecule has 2 aliphatic rings. The molecule has 3 aromatic rings. The van der Waals surface area contributed by atoms with Crippen molar-refractivity contribution in [3.05, 3.63) is 82.7 Å². The summed E-state index contributed by atoms with van der Waals surface area (Å²) in [6.45, 7) is 5.00. The fraction of sp³-hybridized carbons (Fsp3) is 0.400. The Hall–Kier alpha value is -3.10. The number of nitrogens with zero attached hydrogens (tertiary/aromatic N) is 4. The summed E-state index contributed by atoms with van der Waals surface area (Å²) < 4.78 is 18.5. The number of morpholine rings is 1. The molecule has 2 fully saturated rings. The number of benzene rings is 2. The lowest BCUT2D eigenvalue weighted by Crippen LogP contribution is -2.35. The van der Waals surface area contributed by atoms with Crippen LogP contribution in [0.5, 0.6) is 0 Å². The van der Waals surface area contributed by atoms with Crippen LogP contribution in [-0.4, -0.2) is 63.7 Å². The van der Waals surface area contributed by atoms with E-state index in [0.717, 1.165) is 51.3 Å². The molecule has 0 spiro atoms. The lowest BCUT2D eigenvalue weighted by atomic mass is 10.1. The highest BCUT2D eigenvalue weighted by Crippen LogP contribution is 2.31. The van der Waals surface area contributed by atoms with Crippen molar-refractivity contribution >= 4 is 5.91 Å². The number of aromatic amines is 1. The molecule has 0 bridgehead atoms. The molecule has 0 aliphatic carbocycles. The summed E-state index contributed by atoms with van der Waals surface area (Å²) in [5.74, 6) is 1.11. The first-order valence-electron chi connectivity index (χ1n) is 11.5. The summed E-state index contributed by atoms with van der Waals surface area (Å²) in [5.41, 5.74) is 2.84. The van der Waals surface area contributed by atoms with Gasteiger partial charge in [0, 0.05) is 38.2 Å². The van der Waals surface area contributed by atoms with Gasteiger partial charge in [0.25, 0.3) is 5.91 Å². The normalized spacial score (nSPS) is 19.2. The molecule has 1 N–H and O–H groups in total. The molecule has 8 heteroatoms. The van der Waals surface area contributed by atoms with E-state index in [-0.39, 0.29) is 17.8 Å². The zero-order valence-electron chi connectivity index (χ0n) is 18.5. The van der Waals surface area contributed by atoms with E-state index in [4.69, 9.17) is 4.74 Å². The number of carbonyl (C=O) groups is 1. The zero-order chi connectivity index (χ0) is 22.6. The van der Waals surface area contributed by atoms with Crippen molar-refractivity contribution in [1.82, 2.24) is 25.0 Å². The van der Waals surface area contributed by atoms with E-state index in [1.54, 1.807) is 12.1 Å². The second-order valence-corrected chi connectivity index (χ2v) is 8.69. The van der Waals surface area contributed by atoms with E-state index < -0.39 is 0 Å². The number of aromatic nitrogens is 3. The van der Waals surface area contributed by atoms with Crippen LogP contribution in [0.4, 0.5) is 4.39 Å². The summed E-state index contributed by atoms with van der Waals surface area (Å²) in [6.07, 6.45) is 2.31. The number of hydrogen-bond acceptors (Lipinski definition) is 5. The van der Waals surface area contributed by atoms with E-state index in [2.05, 4.69) is 20.1 Å². The topological polar surface area (TPSA) is 74.3 Å². The minimum absolute atomic E-state index is 0.0142. The molecule has 172 valence electrons. The van der Waals surface area contributed by atoms with Gasteiger partial charge in [-0.05, 0) is 48.2 Å². The molecule has 0 saturated carbocycles. The van der Waals surface area contributed by atoms with Gasteiger partial charge in [-0.3, -0.25) is 14.8 Å². The first-order chi connectivity index (χ1) is 16.2. The molecule has 3 heterocycles. The number of carbonyl (C=O) groups excluding carboxylic acids is 1. The highest BCUT2D eigenvalue weighted by atomic mass is 19.1. The SMILES string of the molecule is O=C(c1ccc(CN2CCOCC2)cc1)N1CCCC1c1n[nH]c(Cc2ccc(F)cc2)n1. The summed E-state index contributed by atoms with van der Waals surface area (Å²) >= 11 is 0. The van der Waals surface area contributed by atoms with Crippen molar-refractivity contribution in [2.75, 3.05) is 32.8 Å². The maximum absolute atomic E-state index is 13.3. The van der Waals surface area contributed by atoms with Crippen LogP contribution in [-0.2, 0) is 17.7 Å². The van der Waals surface area contributed by atoms with Gasteiger partial charge in [0.2, 0.25) is 0 Å². The predicted octanol–water partition coefficient (Wildman–Crippen LogP) is 3.34. The second-order valence-electron chi connectivity index (χ2n) is 8.69. The second kappa shape index (κ2) is 9.80. The molecule has 2 aromatic carbocycles. The summed E-state index contributed by atoms with van der Waals surface area (Å²) in [4.78, 5) is 22.1. The van der Waals surface area contributed by atoms with Crippen molar-refractivity contribution in [2.45, 2.75) is 31.8 Å². The third kappa shape index (κ3) is 5.12. The molecular weight excluding hydrogens is 421 g/mol. The van der Waals surface area contributed by atoms with E-state index in [9.17, 15) is 9.18 Å². The van der Waals surface area contributed by atoms with Gasteiger partial charge in [0.1, 0.15) is 11.6 Å². The van der Waals surface area contributed by atoms with Gasteiger partial charge in [-0.25, -0.2) is 9.37 Å². The predicted molar refractivity (Wildman–Crippen MR) is 121 cm³/mol. The minimum atomic E-state index is -0.258. The van der Waals surface area contributed by atoms with Crippen LogP contribution in [0.3, 0.4) is 0 Å². The number of hydrogen-bond donors (Lipinski definition) is 1. The standard InChI is InChI=1S/C25H28FN5O2/c26-21-9-5-18(6-10-21)16-23-27-24(29-28-23)22-2-1-11-31(22)25(32)20-7-3-19(4-8-20)17-30-12-14-33-15-13-30/h3-10,22H,1-2,11-17H2,(H,27,28,29). The average Bonchev–Trinajstić information content (AvgIpc) is 3.51. The van der Waals surface area contributed by atoms with Gasteiger partial charge in [0.15, 0.2) is 5.82 Å². The first kappa shape index (κ1) is 21.7. The molecule has 7 nitrogen and oxygen atoms in total. The van der Waals surface area contributed by atoms with Gasteiger partial charge in [0.05, 0.1) is 19.3 Å². The quantitative estimate of drug-likeness (QED) is 0.625. The van der Waals surface area contributed by atoms with E-state index in [1.807, 2.05) is 29.2 Å². The first-order valence-corrected chi connectivity index (χ1v) is 11.5. The van der Waals surface area contributed by atoms with Crippen molar-refractivity contribution in [3.63, 3.8) is 0 Å². The molecule has 2 aliphatic heterocycles. The van der Waals surface area contributed by atoms with E-state index in [0.29, 0.717) is 30.2 Å². The molecule has 1 unspecified atom stereocenters. The number of nitrogens with one attached hydrogen (secondary N) is 1. The number of ether oxygens (including phenoxy) is 1. The largest absolute Gasteiger partial charge is 0.379 e. The molecule has 1 atom stereocenters. The molecule has 0 radical (unpaired) electrons. The van der Waals surface area contributed by atoms with Gasteiger partial charge >= 0.3 is 0 Å². The minimum Gasteiger partial charge on any atom is -0.379 e. The van der Waals surface area contributed by atoms with Crippen LogP contribution in [0.1, 0.15) is 52.0 Å². The fourth-order valence-corrected chi connectivity index (χ4v) is 4.55. The maximum Gasteiger partial charge on any atom is 0.254 e. The third-order valence-corrected chi connectivity index (χ3v) is 6.36. The summed E-state index contributed by atoms with van der Waals surface area (Å²) in [6, 6.07) is 14.2. The lowest BCUT2D eigenvalue weighted by molar-refractivity contribution is 0.0342. The smallest absolute Gasteiger partial charge is 0.254 e. The van der Waals surface area contributed by atoms with Crippen LogP contribution in [0.25, 0.3) is 0 Å². The van der Waals surface area contributed by atoms with Crippen LogP contribution in [0.2, 0.25) is 0 Å². The number of rotatable bonds is 6. The van der Waals surface area contributed by atoms with E-state index in [1.165, 1.54) is 17.7 Å². The molecular formula is C25H28FN5O2. The monoisotopic (exact) mass is 449 g/mol. The molecule has 5 rings (SSSR count). The van der Waals surface area contributed by atoms with Crippen molar-refractivity contribution in [3.8, 4) is 0 Å². The average molecular weight is 450 g/mol. The van der Waals surface area contributed by atoms with Gasteiger partial charge in [-0.15, -0.1) is 0 Å². The number of amides is 1. The van der Waals surface area contributed by atoms with Crippen LogP contribution >= 0.6 is 0 Å². The van der Waals surface area contributed by atoms with Crippen LogP contribution < -0.4 is 0 Å². The number of H-pyrrole nitrogens is 1. The Morgan fingerprint density at radius 1 is 1.03 bits per heavy atom. The highest BCUT2D eigenvalue weighted by Gasteiger charge is 2.33. The lowest BCUT2D eigenvalue weighted by Gasteiger charge is -2.26. The number of likely N-dealkylation sites (tertiary alicyclic amines) is 1. The Morgan fingerprint density at radius 3 is 2.52 bits per heavy atom. The Balaban J connectivity index is 1.24. The Labute approximate surface area is 192 Å². The third-order valence-electron chi connectivity index (χ3n) is 6.36. The Bertz CT molecular complexity index is 1080. The highest BCUT2D eigenvalue weighted by molar-refractivity contribution is 5.94. The maximum atomic E-state index is 13.3. The van der Waals surface area contributed by atoms with Crippen molar-refractivity contribution in [1.29, 1.82) is 0 Å². The van der Waals surface area contributed by atoms with Crippen molar-refractivity contribution < 1.29 is 13.9 Å². The molecule has 1 amide bonds. The molecule has 1 aromatic heterocycles. The van der Waals surface area contributed by atoms with Crippen molar-refractivity contribution in [2.24, 2.45) is 0 Å².